The second-order valence-electron chi connectivity index (χ2n) is 19.1. The van der Waals surface area contributed by atoms with Crippen LogP contribution in [0.1, 0.15) is 175 Å². The summed E-state index contributed by atoms with van der Waals surface area (Å²) in [5, 5.41) is 10.2. The molecule has 8 rings (SSSR count). The highest BCUT2D eigenvalue weighted by molar-refractivity contribution is 5.80. The molecule has 1 N–H and O–H groups in total. The van der Waals surface area contributed by atoms with Crippen LogP contribution in [-0.2, 0) is 14.4 Å². The van der Waals surface area contributed by atoms with Gasteiger partial charge in [-0.3, -0.25) is 14.4 Å². The lowest BCUT2D eigenvalue weighted by Crippen LogP contribution is -2.54. The zero-order chi connectivity index (χ0) is 34.7. The number of hydrogen-bond acceptors (Lipinski definition) is 4. The van der Waals surface area contributed by atoms with E-state index in [2.05, 4.69) is 27.7 Å². The Balaban J connectivity index is 0.000000187. The van der Waals surface area contributed by atoms with Gasteiger partial charge in [0.2, 0.25) is 0 Å². The molecule has 0 heterocycles. The molecule has 8 saturated carbocycles. The zero-order valence-corrected chi connectivity index (χ0v) is 30.1. The first kappa shape index (κ1) is 35.4. The van der Waals surface area contributed by atoms with Crippen LogP contribution >= 0.6 is 0 Å². The van der Waals surface area contributed by atoms with Gasteiger partial charge in [0, 0.05) is 27.4 Å². The fourth-order valence-corrected chi connectivity index (χ4v) is 15.0. The lowest BCUT2D eigenvalue weighted by Gasteiger charge is -2.60. The number of ketones is 3. The highest BCUT2D eigenvalue weighted by atomic mass is 16.3. The zero-order valence-electron chi connectivity index (χ0n) is 32.1. The summed E-state index contributed by atoms with van der Waals surface area (Å²) in [6.07, 6.45) is 17.6. The van der Waals surface area contributed by atoms with Crippen molar-refractivity contribution in [3.8, 4) is 0 Å². The second kappa shape index (κ2) is 13.5. The minimum atomic E-state index is -0.532. The maximum atomic E-state index is 12.2. The summed E-state index contributed by atoms with van der Waals surface area (Å²) in [6, 6.07) is 0. The normalized spacial score (nSPS) is 55.5. The van der Waals surface area contributed by atoms with E-state index < -0.39 is 11.8 Å². The molecule has 15 atom stereocenters. The number of rotatable bonds is 2. The van der Waals surface area contributed by atoms with E-state index in [-0.39, 0.29) is 54.5 Å². The van der Waals surface area contributed by atoms with Crippen molar-refractivity contribution in [1.29, 1.82) is 0 Å². The topological polar surface area (TPSA) is 71.4 Å². The number of carbonyl (C=O) groups excluding carboxylic acids is 3. The molecule has 0 aliphatic heterocycles. The molecule has 274 valence electrons. The smallest absolute Gasteiger partial charge is 0.133 e. The average Bonchev–Trinajstić information content (AvgIpc) is 3.56. The molecule has 0 aromatic rings. The van der Waals surface area contributed by atoms with Crippen LogP contribution in [-0.4, -0.2) is 28.6 Å². The van der Waals surface area contributed by atoms with Gasteiger partial charge >= 0.3 is 0 Å². The van der Waals surface area contributed by atoms with E-state index in [1.54, 1.807) is 13.8 Å². The molecule has 4 nitrogen and oxygen atoms in total. The van der Waals surface area contributed by atoms with E-state index in [1.165, 1.54) is 19.3 Å². The van der Waals surface area contributed by atoms with Crippen molar-refractivity contribution in [2.24, 2.45) is 80.8 Å². The molecule has 0 saturated heterocycles. The molecule has 8 aliphatic rings. The first-order valence-corrected chi connectivity index (χ1v) is 19.6. The Morgan fingerprint density at radius 1 is 0.604 bits per heavy atom. The third-order valence-corrected chi connectivity index (χ3v) is 17.5. The molecule has 4 heteroatoms. The van der Waals surface area contributed by atoms with Crippen molar-refractivity contribution < 1.29 is 22.2 Å². The highest BCUT2D eigenvalue weighted by Crippen LogP contribution is 2.69. The van der Waals surface area contributed by atoms with Gasteiger partial charge in [-0.2, -0.15) is 0 Å². The van der Waals surface area contributed by atoms with Gasteiger partial charge in [0.25, 0.3) is 0 Å². The Bertz CT molecular complexity index is 1330. The fourth-order valence-electron chi connectivity index (χ4n) is 15.0. The number of carbonyl (C=O) groups is 3. The molecule has 0 unspecified atom stereocenters. The van der Waals surface area contributed by atoms with Crippen molar-refractivity contribution in [3.05, 3.63) is 0 Å². The first-order valence-electron chi connectivity index (χ1n) is 20.6. The quantitative estimate of drug-likeness (QED) is 0.318. The summed E-state index contributed by atoms with van der Waals surface area (Å²) in [4.78, 5) is 36.4. The summed E-state index contributed by atoms with van der Waals surface area (Å²) in [5.41, 5.74) is 0.458. The summed E-state index contributed by atoms with van der Waals surface area (Å²) in [6.45, 7) is 13.0. The Kier molecular flexibility index (Phi) is 9.95. The van der Waals surface area contributed by atoms with Gasteiger partial charge in [0.15, 0.2) is 0 Å². The number of fused-ring (bicyclic) bond motifs is 10. The predicted octanol–water partition coefficient (Wildman–Crippen LogP) is 10.7. The Hall–Kier alpha value is -1.03. The molecule has 48 heavy (non-hydrogen) atoms. The molecular weight excluding hydrogens is 592 g/mol. The van der Waals surface area contributed by atoms with Crippen LogP contribution in [0.2, 0.25) is 0 Å². The SMILES string of the molecule is C.C.[2H][C@]12CC[C@H]3[C@@H]4CC[C@H](C(C)=O)[C@@]4(C)CC[C@@H]3[C@@]1(C)CCC(=O)C2.[2H][C@]12CC[C@H]3[C@@H]4CC[C@H](C(C)=O)[C@@]4(C)CC[C@@H]3[C@@]1(C)CC[C@H](O)C2. The molecule has 0 radical (unpaired) electrons. The number of aliphatic hydroxyl groups is 1. The summed E-state index contributed by atoms with van der Waals surface area (Å²) >= 11 is 0. The van der Waals surface area contributed by atoms with E-state index in [1.807, 2.05) is 0 Å². The maximum absolute atomic E-state index is 12.2. The van der Waals surface area contributed by atoms with Gasteiger partial charge in [-0.1, -0.05) is 42.5 Å². The largest absolute Gasteiger partial charge is 0.393 e. The van der Waals surface area contributed by atoms with Crippen LogP contribution in [0.15, 0.2) is 0 Å². The Morgan fingerprint density at radius 3 is 1.54 bits per heavy atom. The molecule has 0 bridgehead atoms. The van der Waals surface area contributed by atoms with Crippen LogP contribution in [0.3, 0.4) is 0 Å². The molecule has 0 aromatic carbocycles. The number of aliphatic hydroxyl groups excluding tert-OH is 1. The summed E-state index contributed by atoms with van der Waals surface area (Å²) < 4.78 is 18.3. The maximum Gasteiger partial charge on any atom is 0.133 e. The molecule has 8 aliphatic carbocycles. The van der Waals surface area contributed by atoms with E-state index in [4.69, 9.17) is 2.74 Å². The van der Waals surface area contributed by atoms with Crippen LogP contribution < -0.4 is 0 Å². The van der Waals surface area contributed by atoms with Crippen molar-refractivity contribution in [3.63, 3.8) is 0 Å². The predicted molar refractivity (Wildman–Crippen MR) is 196 cm³/mol. The van der Waals surface area contributed by atoms with Crippen LogP contribution in [0.25, 0.3) is 0 Å². The third-order valence-electron chi connectivity index (χ3n) is 17.5. The molecular formula is C44H74O4. The second-order valence-corrected chi connectivity index (χ2v) is 19.1. The van der Waals surface area contributed by atoms with Gasteiger partial charge < -0.3 is 5.11 Å². The van der Waals surface area contributed by atoms with Crippen molar-refractivity contribution in [1.82, 2.24) is 0 Å². The van der Waals surface area contributed by atoms with E-state index >= 15 is 0 Å². The fraction of sp³-hybridized carbons (Fsp3) is 0.932. The number of hydrogen-bond donors (Lipinski definition) is 1. The number of Topliss-reactive ketones (excluding diaryl/α,β-unsaturated/α-hetero) is 3. The van der Waals surface area contributed by atoms with E-state index in [0.29, 0.717) is 72.1 Å². The van der Waals surface area contributed by atoms with Gasteiger partial charge in [0.05, 0.1) is 6.10 Å². The lowest BCUT2D eigenvalue weighted by atomic mass is 9.44. The van der Waals surface area contributed by atoms with Gasteiger partial charge in [-0.25, -0.2) is 0 Å². The minimum absolute atomic E-state index is 0. The molecule has 0 amide bonds. The Morgan fingerprint density at radius 2 is 1.04 bits per heavy atom. The third kappa shape index (κ3) is 5.75. The highest BCUT2D eigenvalue weighted by Gasteiger charge is 2.62. The first-order chi connectivity index (χ1) is 22.4. The lowest BCUT2D eigenvalue weighted by molar-refractivity contribution is -0.143. The van der Waals surface area contributed by atoms with E-state index in [0.717, 1.165) is 77.0 Å². The van der Waals surface area contributed by atoms with Gasteiger partial charge in [-0.15, -0.1) is 0 Å². The average molecular weight is 669 g/mol. The van der Waals surface area contributed by atoms with Gasteiger partial charge in [-0.05, 0) is 186 Å². The van der Waals surface area contributed by atoms with Gasteiger partial charge in [0.1, 0.15) is 17.3 Å². The standard InChI is InChI=1S/C21H34O2.C21H32O2.2CH4/c2*1-13(22)17-6-7-18-16-5-4-14-12-15(23)8-10-20(14,2)19(16)9-11-21(17,18)3;;/h14-19,23H,4-12H2,1-3H3;14,16-19H,4-12H2,1-3H3;2*1H4/t14-,15+,16+,17-,18+,19+,20+,21-;14-,16+,17-,18+,19+,20+,21-;;/m11../s1/i2*14D;;. The van der Waals surface area contributed by atoms with Crippen molar-refractivity contribution in [2.45, 2.75) is 178 Å². The molecule has 0 spiro atoms. The monoisotopic (exact) mass is 669 g/mol. The summed E-state index contributed by atoms with van der Waals surface area (Å²) in [7, 11) is 0. The minimum Gasteiger partial charge on any atom is -0.393 e. The van der Waals surface area contributed by atoms with Crippen molar-refractivity contribution >= 4 is 17.3 Å². The summed E-state index contributed by atoms with van der Waals surface area (Å²) in [5.74, 6) is 4.57. The Labute approximate surface area is 297 Å². The van der Waals surface area contributed by atoms with E-state index in [9.17, 15) is 19.5 Å². The molecule has 8 fully saturated rings. The molecule has 0 aromatic heterocycles. The van der Waals surface area contributed by atoms with Crippen molar-refractivity contribution in [2.75, 3.05) is 0 Å². The van der Waals surface area contributed by atoms with Crippen LogP contribution in [0.5, 0.6) is 0 Å². The van der Waals surface area contributed by atoms with Crippen LogP contribution in [0, 0.1) is 80.8 Å². The van der Waals surface area contributed by atoms with Crippen LogP contribution in [0.4, 0.5) is 0 Å².